The van der Waals surface area contributed by atoms with E-state index >= 15 is 0 Å². The van der Waals surface area contributed by atoms with Gasteiger partial charge in [0.15, 0.2) is 16.3 Å². The van der Waals surface area contributed by atoms with Gasteiger partial charge >= 0.3 is 0 Å². The van der Waals surface area contributed by atoms with E-state index in [-0.39, 0.29) is 11.2 Å². The van der Waals surface area contributed by atoms with Crippen molar-refractivity contribution in [2.75, 3.05) is 5.32 Å². The van der Waals surface area contributed by atoms with Crippen LogP contribution in [0.2, 0.25) is 0 Å². The van der Waals surface area contributed by atoms with Crippen LogP contribution in [0.1, 0.15) is 10.6 Å². The van der Waals surface area contributed by atoms with Gasteiger partial charge in [-0.2, -0.15) is 0 Å². The number of carbonyl (C=O) groups is 1. The summed E-state index contributed by atoms with van der Waals surface area (Å²) >= 11 is 4.74. The van der Waals surface area contributed by atoms with Gasteiger partial charge in [0.1, 0.15) is 5.58 Å². The van der Waals surface area contributed by atoms with Crippen LogP contribution in [-0.2, 0) is 0 Å². The van der Waals surface area contributed by atoms with Gasteiger partial charge in [0.2, 0.25) is 0 Å². The average Bonchev–Trinajstić information content (AvgIpc) is 2.96. The van der Waals surface area contributed by atoms with Crippen molar-refractivity contribution >= 4 is 59.5 Å². The van der Waals surface area contributed by atoms with Crippen LogP contribution in [0, 0.1) is 0 Å². The fourth-order valence-electron chi connectivity index (χ4n) is 2.33. The second-order valence-electron chi connectivity index (χ2n) is 5.06. The lowest BCUT2D eigenvalue weighted by Gasteiger charge is -2.02. The monoisotopic (exact) mass is 400 g/mol. The highest BCUT2D eigenvalue weighted by atomic mass is 79.9. The molecule has 1 N–H and O–H groups in total. The van der Waals surface area contributed by atoms with Crippen molar-refractivity contribution in [2.45, 2.75) is 0 Å². The first-order valence-corrected chi connectivity index (χ1v) is 8.61. The number of nitrogens with zero attached hydrogens (tertiary/aromatic N) is 1. The van der Waals surface area contributed by atoms with Crippen molar-refractivity contribution in [1.29, 1.82) is 0 Å². The van der Waals surface area contributed by atoms with E-state index in [4.69, 9.17) is 4.42 Å². The Morgan fingerprint density at radius 1 is 1.17 bits per heavy atom. The Morgan fingerprint density at radius 2 is 2.00 bits per heavy atom. The minimum atomic E-state index is -0.504. The van der Waals surface area contributed by atoms with Gasteiger partial charge in [0.25, 0.3) is 5.91 Å². The zero-order valence-corrected chi connectivity index (χ0v) is 14.5. The Kier molecular flexibility index (Phi) is 3.66. The van der Waals surface area contributed by atoms with Crippen LogP contribution in [-0.4, -0.2) is 10.9 Å². The van der Waals surface area contributed by atoms with Gasteiger partial charge < -0.3 is 4.42 Å². The third-order valence-corrected chi connectivity index (χ3v) is 4.87. The van der Waals surface area contributed by atoms with Crippen LogP contribution in [0.5, 0.6) is 0 Å². The van der Waals surface area contributed by atoms with Gasteiger partial charge in [0.05, 0.1) is 15.6 Å². The number of benzene rings is 2. The van der Waals surface area contributed by atoms with Gasteiger partial charge in [-0.05, 0) is 30.3 Å². The summed E-state index contributed by atoms with van der Waals surface area (Å²) in [7, 11) is 0. The highest BCUT2D eigenvalue weighted by molar-refractivity contribution is 9.10. The Hall–Kier alpha value is -2.51. The third kappa shape index (κ3) is 2.72. The van der Waals surface area contributed by atoms with Gasteiger partial charge in [-0.3, -0.25) is 14.9 Å². The minimum Gasteiger partial charge on any atom is -0.451 e. The molecular weight excluding hydrogens is 392 g/mol. The summed E-state index contributed by atoms with van der Waals surface area (Å²) in [5.74, 6) is -0.546. The number of nitrogens with one attached hydrogen (secondary N) is 1. The molecule has 2 aromatic carbocycles. The molecule has 0 bridgehead atoms. The summed E-state index contributed by atoms with van der Waals surface area (Å²) in [5.41, 5.74) is 0.906. The smallest absolute Gasteiger partial charge is 0.293 e. The first kappa shape index (κ1) is 15.0. The largest absolute Gasteiger partial charge is 0.451 e. The molecule has 0 fully saturated rings. The molecule has 0 aliphatic rings. The molecule has 0 aliphatic carbocycles. The van der Waals surface area contributed by atoms with Crippen LogP contribution in [0.25, 0.3) is 21.2 Å². The average molecular weight is 401 g/mol. The molecule has 5 nitrogen and oxygen atoms in total. The lowest BCUT2D eigenvalue weighted by atomic mass is 10.2. The second kappa shape index (κ2) is 5.85. The quantitative estimate of drug-likeness (QED) is 0.540. The molecule has 0 saturated carbocycles. The van der Waals surface area contributed by atoms with E-state index in [1.165, 1.54) is 17.4 Å². The van der Waals surface area contributed by atoms with Gasteiger partial charge in [-0.1, -0.05) is 39.4 Å². The maximum atomic E-state index is 12.4. The summed E-state index contributed by atoms with van der Waals surface area (Å²) in [6, 6.07) is 13.7. The molecule has 4 aromatic rings. The van der Waals surface area contributed by atoms with Crippen molar-refractivity contribution in [1.82, 2.24) is 4.98 Å². The molecule has 2 aromatic heterocycles. The molecule has 7 heteroatoms. The van der Waals surface area contributed by atoms with Crippen molar-refractivity contribution in [3.8, 4) is 0 Å². The minimum absolute atomic E-state index is 0.0425. The fraction of sp³-hybridized carbons (Fsp3) is 0. The Bertz CT molecular complexity index is 1150. The number of amides is 1. The maximum absolute atomic E-state index is 12.4. The number of para-hydroxylation sites is 1. The molecule has 1 amide bonds. The number of carbonyl (C=O) groups excluding carboxylic acids is 1. The van der Waals surface area contributed by atoms with E-state index in [0.29, 0.717) is 16.1 Å². The summed E-state index contributed by atoms with van der Waals surface area (Å²) in [6.07, 6.45) is 0. The van der Waals surface area contributed by atoms with Gasteiger partial charge in [-0.25, -0.2) is 4.98 Å². The van der Waals surface area contributed by atoms with E-state index in [0.717, 1.165) is 14.7 Å². The van der Waals surface area contributed by atoms with Crippen LogP contribution >= 0.6 is 27.3 Å². The van der Waals surface area contributed by atoms with Gasteiger partial charge in [0, 0.05) is 10.5 Å². The van der Waals surface area contributed by atoms with Crippen LogP contribution in [0.4, 0.5) is 5.13 Å². The molecule has 118 valence electrons. The number of hydrogen-bond donors (Lipinski definition) is 1. The number of fused-ring (bicyclic) bond motifs is 2. The number of rotatable bonds is 2. The van der Waals surface area contributed by atoms with Crippen LogP contribution in [0.3, 0.4) is 0 Å². The first-order valence-electron chi connectivity index (χ1n) is 7.00. The van der Waals surface area contributed by atoms with Crippen LogP contribution < -0.4 is 10.7 Å². The second-order valence-corrected chi connectivity index (χ2v) is 7.00. The summed E-state index contributed by atoms with van der Waals surface area (Å²) in [6.45, 7) is 0. The van der Waals surface area contributed by atoms with E-state index in [1.54, 1.807) is 24.3 Å². The van der Waals surface area contributed by atoms with E-state index in [2.05, 4.69) is 26.2 Å². The molecule has 0 aliphatic heterocycles. The van der Waals surface area contributed by atoms with Crippen molar-refractivity contribution in [3.05, 3.63) is 69.0 Å². The highest BCUT2D eigenvalue weighted by Crippen LogP contribution is 2.28. The zero-order chi connectivity index (χ0) is 16.7. The topological polar surface area (TPSA) is 72.2 Å². The Morgan fingerprint density at radius 3 is 2.88 bits per heavy atom. The lowest BCUT2D eigenvalue weighted by molar-refractivity contribution is 0.0997. The maximum Gasteiger partial charge on any atom is 0.293 e. The standard InChI is InChI=1S/C17H9BrN2O3S/c18-9-5-6-15-11(7-9)19-17(24-15)20-16(22)14-8-12(21)10-3-1-2-4-13(10)23-14/h1-8H,(H,19,20,22). The number of thiazole rings is 1. The number of anilines is 1. The zero-order valence-electron chi connectivity index (χ0n) is 12.1. The van der Waals surface area contributed by atoms with Crippen LogP contribution in [0.15, 0.2) is 62.2 Å². The van der Waals surface area contributed by atoms with Crippen molar-refractivity contribution < 1.29 is 9.21 Å². The number of halogens is 1. The molecule has 4 rings (SSSR count). The van der Waals surface area contributed by atoms with Crippen molar-refractivity contribution in [2.24, 2.45) is 0 Å². The molecule has 0 unspecified atom stereocenters. The summed E-state index contributed by atoms with van der Waals surface area (Å²) in [4.78, 5) is 28.8. The molecular formula is C17H9BrN2O3S. The number of hydrogen-bond acceptors (Lipinski definition) is 5. The van der Waals surface area contributed by atoms with E-state index in [1.807, 2.05) is 18.2 Å². The van der Waals surface area contributed by atoms with Gasteiger partial charge in [-0.15, -0.1) is 0 Å². The SMILES string of the molecule is O=C(Nc1nc2cc(Br)ccc2s1)c1cc(=O)c2ccccc2o1. The summed E-state index contributed by atoms with van der Waals surface area (Å²) in [5, 5.41) is 3.57. The summed E-state index contributed by atoms with van der Waals surface area (Å²) < 4.78 is 7.39. The highest BCUT2D eigenvalue weighted by Gasteiger charge is 2.14. The van der Waals surface area contributed by atoms with E-state index < -0.39 is 5.91 Å². The van der Waals surface area contributed by atoms with Crippen molar-refractivity contribution in [3.63, 3.8) is 0 Å². The molecule has 0 radical (unpaired) electrons. The first-order chi connectivity index (χ1) is 11.6. The number of aromatic nitrogens is 1. The predicted molar refractivity (Wildman–Crippen MR) is 97.8 cm³/mol. The molecule has 0 spiro atoms. The Balaban J connectivity index is 1.69. The van der Waals surface area contributed by atoms with E-state index in [9.17, 15) is 9.59 Å². The Labute approximate surface area is 148 Å². The lowest BCUT2D eigenvalue weighted by Crippen LogP contribution is -2.14. The molecule has 2 heterocycles. The third-order valence-electron chi connectivity index (χ3n) is 3.43. The fourth-order valence-corrected chi connectivity index (χ4v) is 3.52. The predicted octanol–water partition coefficient (Wildman–Crippen LogP) is 4.42. The molecule has 0 atom stereocenters. The molecule has 24 heavy (non-hydrogen) atoms. The normalized spacial score (nSPS) is 11.0. The molecule has 0 saturated heterocycles.